The summed E-state index contributed by atoms with van der Waals surface area (Å²) >= 11 is 1.47. The fourth-order valence-corrected chi connectivity index (χ4v) is 2.47. The van der Waals surface area contributed by atoms with Crippen LogP contribution in [0.3, 0.4) is 0 Å². The summed E-state index contributed by atoms with van der Waals surface area (Å²) in [5.74, 6) is -2.21. The van der Waals surface area contributed by atoms with Crippen molar-refractivity contribution in [2.45, 2.75) is 29.9 Å². The second-order valence-electron chi connectivity index (χ2n) is 4.01. The van der Waals surface area contributed by atoms with E-state index in [1.807, 2.05) is 0 Å². The van der Waals surface area contributed by atoms with Gasteiger partial charge in [0.05, 0.1) is 6.61 Å². The molecular formula is C13H13FO3S. The Kier molecular flexibility index (Phi) is 4.01. The number of carbonyl (C=O) groups is 2. The zero-order valence-corrected chi connectivity index (χ0v) is 10.8. The van der Waals surface area contributed by atoms with Gasteiger partial charge in [0.1, 0.15) is 5.82 Å². The molecule has 0 radical (unpaired) electrons. The van der Waals surface area contributed by atoms with E-state index >= 15 is 0 Å². The molecule has 1 aromatic carbocycles. The first-order chi connectivity index (χ1) is 8.61. The Hall–Kier alpha value is -1.36. The molecule has 3 nitrogen and oxygen atoms in total. The van der Waals surface area contributed by atoms with E-state index in [2.05, 4.69) is 4.74 Å². The van der Waals surface area contributed by atoms with E-state index < -0.39 is 17.6 Å². The summed E-state index contributed by atoms with van der Waals surface area (Å²) in [6.45, 7) is 1.74. The van der Waals surface area contributed by atoms with Gasteiger partial charge in [-0.05, 0) is 38.0 Å². The Balaban J connectivity index is 2.11. The molecule has 1 aromatic rings. The van der Waals surface area contributed by atoms with Crippen LogP contribution in [-0.2, 0) is 9.53 Å². The van der Waals surface area contributed by atoms with Gasteiger partial charge in [0.15, 0.2) is 0 Å². The lowest BCUT2D eigenvalue weighted by molar-refractivity contribution is -0.137. The first-order valence-corrected chi connectivity index (χ1v) is 6.67. The van der Waals surface area contributed by atoms with Crippen molar-refractivity contribution in [1.82, 2.24) is 0 Å². The molecule has 0 unspecified atom stereocenters. The Bertz CT molecular complexity index is 483. The van der Waals surface area contributed by atoms with Crippen molar-refractivity contribution >= 4 is 23.5 Å². The fraction of sp³-hybridized carbons (Fsp3) is 0.385. The van der Waals surface area contributed by atoms with Crippen LogP contribution in [0.25, 0.3) is 0 Å². The largest absolute Gasteiger partial charge is 0.460 e. The normalized spacial score (nSPS) is 14.3. The number of esters is 1. The summed E-state index contributed by atoms with van der Waals surface area (Å²) in [5.41, 5.74) is 0.0334. The fourth-order valence-electron chi connectivity index (χ4n) is 1.42. The highest BCUT2D eigenvalue weighted by molar-refractivity contribution is 8.00. The van der Waals surface area contributed by atoms with Crippen LogP contribution in [0.2, 0.25) is 0 Å². The molecule has 96 valence electrons. The van der Waals surface area contributed by atoms with Crippen molar-refractivity contribution in [1.29, 1.82) is 0 Å². The highest BCUT2D eigenvalue weighted by Gasteiger charge is 2.25. The van der Waals surface area contributed by atoms with E-state index in [4.69, 9.17) is 0 Å². The van der Waals surface area contributed by atoms with Crippen molar-refractivity contribution in [3.63, 3.8) is 0 Å². The number of ether oxygens (including phenoxy) is 1. The molecule has 1 aliphatic rings. The Labute approximate surface area is 109 Å². The summed E-state index contributed by atoms with van der Waals surface area (Å²) in [6, 6.07) is 4.11. The zero-order chi connectivity index (χ0) is 13.1. The molecule has 0 N–H and O–H groups in total. The minimum Gasteiger partial charge on any atom is -0.460 e. The van der Waals surface area contributed by atoms with E-state index in [0.29, 0.717) is 10.1 Å². The molecule has 0 amide bonds. The molecule has 18 heavy (non-hydrogen) atoms. The molecule has 2 rings (SSSR count). The minimum atomic E-state index is -0.945. The number of Topliss-reactive ketones (excluding diaryl/α,β-unsaturated/α-hetero) is 1. The van der Waals surface area contributed by atoms with E-state index in [9.17, 15) is 14.0 Å². The second kappa shape index (κ2) is 5.52. The maximum atomic E-state index is 13.7. The molecule has 0 aliphatic heterocycles. The maximum absolute atomic E-state index is 13.7. The standard InChI is InChI=1S/C13H13FO3S/c1-2-17-13(16)12(15)8-3-6-11(10(14)7-8)18-9-4-5-9/h3,6-7,9H,2,4-5H2,1H3. The molecular weight excluding hydrogens is 255 g/mol. The van der Waals surface area contributed by atoms with Crippen LogP contribution in [0, 0.1) is 5.82 Å². The number of hydrogen-bond acceptors (Lipinski definition) is 4. The van der Waals surface area contributed by atoms with Gasteiger partial charge in [-0.15, -0.1) is 11.8 Å². The number of benzene rings is 1. The van der Waals surface area contributed by atoms with Gasteiger partial charge in [0.25, 0.3) is 5.78 Å². The van der Waals surface area contributed by atoms with Crippen molar-refractivity contribution < 1.29 is 18.7 Å². The number of rotatable bonds is 5. The smallest absolute Gasteiger partial charge is 0.379 e. The van der Waals surface area contributed by atoms with Gasteiger partial charge >= 0.3 is 5.97 Å². The molecule has 1 aliphatic carbocycles. The predicted octanol–water partition coefficient (Wildman–Crippen LogP) is 2.83. The molecule has 0 saturated heterocycles. The van der Waals surface area contributed by atoms with Crippen molar-refractivity contribution in [3.8, 4) is 0 Å². The van der Waals surface area contributed by atoms with Crippen LogP contribution in [-0.4, -0.2) is 23.6 Å². The maximum Gasteiger partial charge on any atom is 0.379 e. The average molecular weight is 268 g/mol. The third kappa shape index (κ3) is 3.10. The monoisotopic (exact) mass is 268 g/mol. The van der Waals surface area contributed by atoms with E-state index in [-0.39, 0.29) is 12.2 Å². The molecule has 1 fully saturated rings. The van der Waals surface area contributed by atoms with Crippen LogP contribution in [0.5, 0.6) is 0 Å². The van der Waals surface area contributed by atoms with E-state index in [1.165, 1.54) is 17.8 Å². The third-order valence-corrected chi connectivity index (χ3v) is 3.86. The highest BCUT2D eigenvalue weighted by atomic mass is 32.2. The Morgan fingerprint density at radius 2 is 2.17 bits per heavy atom. The van der Waals surface area contributed by atoms with Gasteiger partial charge in [0.2, 0.25) is 0 Å². The number of halogens is 1. The molecule has 1 saturated carbocycles. The van der Waals surface area contributed by atoms with Crippen LogP contribution >= 0.6 is 11.8 Å². The van der Waals surface area contributed by atoms with Gasteiger partial charge in [0, 0.05) is 15.7 Å². The summed E-state index contributed by atoms with van der Waals surface area (Å²) in [7, 11) is 0. The average Bonchev–Trinajstić information content (AvgIpc) is 3.15. The summed E-state index contributed by atoms with van der Waals surface area (Å²) in [4.78, 5) is 23.3. The van der Waals surface area contributed by atoms with Crippen LogP contribution in [0.4, 0.5) is 4.39 Å². The number of ketones is 1. The lowest BCUT2D eigenvalue weighted by Gasteiger charge is -2.04. The highest BCUT2D eigenvalue weighted by Crippen LogP contribution is 2.40. The molecule has 0 spiro atoms. The van der Waals surface area contributed by atoms with Crippen LogP contribution in [0.15, 0.2) is 23.1 Å². The summed E-state index contributed by atoms with van der Waals surface area (Å²) in [6.07, 6.45) is 2.21. The third-order valence-electron chi connectivity index (χ3n) is 2.47. The van der Waals surface area contributed by atoms with Crippen molar-refractivity contribution in [3.05, 3.63) is 29.6 Å². The van der Waals surface area contributed by atoms with Gasteiger partial charge in [-0.25, -0.2) is 9.18 Å². The molecule has 5 heteroatoms. The predicted molar refractivity (Wildman–Crippen MR) is 66.2 cm³/mol. The lowest BCUT2D eigenvalue weighted by Crippen LogP contribution is -2.17. The topological polar surface area (TPSA) is 43.4 Å². The first-order valence-electron chi connectivity index (χ1n) is 5.79. The Morgan fingerprint density at radius 1 is 1.44 bits per heavy atom. The SMILES string of the molecule is CCOC(=O)C(=O)c1ccc(SC2CC2)c(F)c1. The van der Waals surface area contributed by atoms with Gasteiger partial charge in [-0.3, -0.25) is 4.79 Å². The first kappa shape index (κ1) is 13.1. The summed E-state index contributed by atoms with van der Waals surface area (Å²) in [5, 5.41) is 0.492. The lowest BCUT2D eigenvalue weighted by atomic mass is 10.1. The van der Waals surface area contributed by atoms with Crippen LogP contribution in [0.1, 0.15) is 30.1 Å². The molecule has 0 atom stereocenters. The van der Waals surface area contributed by atoms with Crippen molar-refractivity contribution in [2.75, 3.05) is 6.61 Å². The number of thioether (sulfide) groups is 1. The van der Waals surface area contributed by atoms with Gasteiger partial charge in [-0.2, -0.15) is 0 Å². The minimum absolute atomic E-state index is 0.0334. The number of carbonyl (C=O) groups excluding carboxylic acids is 2. The van der Waals surface area contributed by atoms with Crippen LogP contribution < -0.4 is 0 Å². The summed E-state index contributed by atoms with van der Waals surface area (Å²) < 4.78 is 18.3. The molecule has 0 aromatic heterocycles. The quantitative estimate of drug-likeness (QED) is 0.468. The van der Waals surface area contributed by atoms with Gasteiger partial charge < -0.3 is 4.74 Å². The van der Waals surface area contributed by atoms with Gasteiger partial charge in [-0.1, -0.05) is 0 Å². The second-order valence-corrected chi connectivity index (χ2v) is 5.35. The van der Waals surface area contributed by atoms with Crippen molar-refractivity contribution in [2.24, 2.45) is 0 Å². The zero-order valence-electron chi connectivity index (χ0n) is 9.94. The Morgan fingerprint density at radius 3 is 2.72 bits per heavy atom. The number of hydrogen-bond donors (Lipinski definition) is 0. The molecule has 0 heterocycles. The van der Waals surface area contributed by atoms with E-state index in [1.54, 1.807) is 13.0 Å². The molecule has 0 bridgehead atoms. The van der Waals surface area contributed by atoms with E-state index in [0.717, 1.165) is 18.9 Å².